The van der Waals surface area contributed by atoms with Gasteiger partial charge < -0.3 is 0 Å². The van der Waals surface area contributed by atoms with Gasteiger partial charge in [-0.05, 0) is 48.6 Å². The number of halogens is 2. The number of allylic oxidation sites excluding steroid dienone is 4. The van der Waals surface area contributed by atoms with E-state index in [1.807, 2.05) is 24.3 Å². The number of hydrogen-bond donors (Lipinski definition) is 1. The minimum atomic E-state index is -2.57. The fraction of sp³-hybridized carbons (Fsp3) is 0.633. The van der Waals surface area contributed by atoms with Gasteiger partial charge in [-0.25, -0.2) is 8.78 Å². The second-order valence-electron chi connectivity index (χ2n) is 10.4. The molecule has 1 nitrogen and oxygen atoms in total. The first-order valence-electron chi connectivity index (χ1n) is 13.5. The van der Waals surface area contributed by atoms with Crippen LogP contribution < -0.4 is 0 Å². The minimum Gasteiger partial charge on any atom is -0.286 e. The van der Waals surface area contributed by atoms with Crippen molar-refractivity contribution < 1.29 is 13.6 Å². The highest BCUT2D eigenvalue weighted by Crippen LogP contribution is 2.45. The number of rotatable bonds is 13. The Morgan fingerprint density at radius 2 is 1.53 bits per heavy atom. The molecule has 0 amide bonds. The highest BCUT2D eigenvalue weighted by molar-refractivity contribution is 7.96. The van der Waals surface area contributed by atoms with E-state index >= 15 is 0 Å². The Morgan fingerprint density at radius 3 is 2.12 bits per heavy atom. The van der Waals surface area contributed by atoms with Crippen LogP contribution in [-0.4, -0.2) is 11.5 Å². The summed E-state index contributed by atoms with van der Waals surface area (Å²) in [6.45, 7) is 2.26. The van der Waals surface area contributed by atoms with Crippen molar-refractivity contribution >= 4 is 17.7 Å². The van der Waals surface area contributed by atoms with Gasteiger partial charge in [-0.15, -0.1) is 12.6 Å². The van der Waals surface area contributed by atoms with E-state index in [1.165, 1.54) is 82.8 Å². The summed E-state index contributed by atoms with van der Waals surface area (Å²) >= 11 is 3.87. The van der Waals surface area contributed by atoms with Crippen LogP contribution in [0.25, 0.3) is 0 Å². The molecule has 0 atom stereocenters. The molecule has 0 saturated heterocycles. The van der Waals surface area contributed by atoms with E-state index in [1.54, 1.807) is 12.2 Å². The van der Waals surface area contributed by atoms with Crippen LogP contribution in [0.2, 0.25) is 0 Å². The molecule has 2 aliphatic carbocycles. The predicted octanol–water partition coefficient (Wildman–Crippen LogP) is 9.19. The van der Waals surface area contributed by atoms with E-state index in [2.05, 4.69) is 19.6 Å². The monoisotopic (exact) mass is 488 g/mol. The van der Waals surface area contributed by atoms with Gasteiger partial charge in [-0.2, -0.15) is 0 Å². The van der Waals surface area contributed by atoms with Gasteiger partial charge in [0.1, 0.15) is 0 Å². The van der Waals surface area contributed by atoms with Crippen LogP contribution >= 0.6 is 12.6 Å². The topological polar surface area (TPSA) is 17.1 Å². The van der Waals surface area contributed by atoms with Crippen LogP contribution in [0.1, 0.15) is 107 Å². The molecule has 0 aliphatic heterocycles. The van der Waals surface area contributed by atoms with E-state index in [9.17, 15) is 13.6 Å². The molecule has 0 spiro atoms. The van der Waals surface area contributed by atoms with Crippen molar-refractivity contribution in [3.63, 3.8) is 0 Å². The van der Waals surface area contributed by atoms with Crippen molar-refractivity contribution in [2.24, 2.45) is 11.8 Å². The van der Waals surface area contributed by atoms with Crippen molar-refractivity contribution in [2.45, 2.75) is 108 Å². The molecular weight excluding hydrogens is 446 g/mol. The summed E-state index contributed by atoms with van der Waals surface area (Å²) in [5, 5.41) is -0.321. The summed E-state index contributed by atoms with van der Waals surface area (Å²) < 4.78 is 29.0. The number of unbranched alkanes of at least 4 members (excludes halogenated alkanes) is 7. The maximum absolute atomic E-state index is 14.5. The zero-order chi connectivity index (χ0) is 24.4. The number of alkyl halides is 2. The first-order chi connectivity index (χ1) is 16.5. The number of carbonyl (C=O) groups excluding carboxylic acids is 1. The molecule has 0 bridgehead atoms. The van der Waals surface area contributed by atoms with Crippen LogP contribution in [0.5, 0.6) is 0 Å². The highest BCUT2D eigenvalue weighted by Gasteiger charge is 2.41. The van der Waals surface area contributed by atoms with Crippen LogP contribution in [0.3, 0.4) is 0 Å². The molecule has 188 valence electrons. The number of carbonyl (C=O) groups is 1. The quantitative estimate of drug-likeness (QED) is 0.166. The Balaban J connectivity index is 1.56. The molecule has 1 aromatic rings. The lowest BCUT2D eigenvalue weighted by Crippen LogP contribution is -2.34. The summed E-state index contributed by atoms with van der Waals surface area (Å²) in [7, 11) is 0. The number of thiol groups is 1. The molecule has 0 N–H and O–H groups in total. The van der Waals surface area contributed by atoms with Crippen LogP contribution in [0.15, 0.2) is 48.6 Å². The van der Waals surface area contributed by atoms with Crippen molar-refractivity contribution in [1.29, 1.82) is 0 Å². The average molecular weight is 489 g/mol. The third-order valence-electron chi connectivity index (χ3n) is 7.98. The molecule has 0 heterocycles. The molecule has 1 aromatic carbocycles. The summed E-state index contributed by atoms with van der Waals surface area (Å²) in [6, 6.07) is 7.72. The molecule has 0 radical (unpaired) electrons. The molecule has 1 fully saturated rings. The standard InChI is InChI=1S/C30H42F2OS/c1-2-3-4-5-6-7-8-9-12-23-15-17-24(18-16-23)26-13-10-11-14-27(26)30(29(31)32)21-19-25(20-22-30)28(33)34/h10-11,13-14,19-25,29H,2-9,12,15-18H2,1H3,(H,33,34). The molecule has 4 heteroatoms. The van der Waals surface area contributed by atoms with Gasteiger partial charge in [0.25, 0.3) is 6.43 Å². The fourth-order valence-corrected chi connectivity index (χ4v) is 6.00. The Hall–Kier alpha value is -1.42. The van der Waals surface area contributed by atoms with Gasteiger partial charge in [0.15, 0.2) is 5.12 Å². The molecule has 2 aliphatic rings. The van der Waals surface area contributed by atoms with Gasteiger partial charge in [-0.3, -0.25) is 4.79 Å². The largest absolute Gasteiger partial charge is 0.286 e. The lowest BCUT2D eigenvalue weighted by Gasteiger charge is -2.36. The summed E-state index contributed by atoms with van der Waals surface area (Å²) in [4.78, 5) is 11.6. The van der Waals surface area contributed by atoms with E-state index in [0.29, 0.717) is 11.5 Å². The lowest BCUT2D eigenvalue weighted by atomic mass is 9.69. The third-order valence-corrected chi connectivity index (χ3v) is 8.28. The molecule has 34 heavy (non-hydrogen) atoms. The summed E-state index contributed by atoms with van der Waals surface area (Å²) in [5.41, 5.74) is 0.275. The fourth-order valence-electron chi connectivity index (χ4n) is 5.83. The van der Waals surface area contributed by atoms with E-state index in [4.69, 9.17) is 0 Å². The van der Waals surface area contributed by atoms with Gasteiger partial charge in [-0.1, -0.05) is 113 Å². The van der Waals surface area contributed by atoms with Crippen molar-refractivity contribution in [3.8, 4) is 0 Å². The predicted molar refractivity (Wildman–Crippen MR) is 142 cm³/mol. The van der Waals surface area contributed by atoms with Crippen LogP contribution in [0.4, 0.5) is 8.78 Å². The lowest BCUT2D eigenvalue weighted by molar-refractivity contribution is -0.112. The van der Waals surface area contributed by atoms with Crippen molar-refractivity contribution in [3.05, 3.63) is 59.7 Å². The third kappa shape index (κ3) is 7.06. The molecular formula is C30H42F2OS. The summed E-state index contributed by atoms with van der Waals surface area (Å²) in [6.07, 6.45) is 20.4. The Bertz CT molecular complexity index is 809. The normalized spacial score (nSPS) is 26.8. The maximum atomic E-state index is 14.5. The van der Waals surface area contributed by atoms with Crippen LogP contribution in [-0.2, 0) is 10.2 Å². The SMILES string of the molecule is CCCCCCCCCCC1CCC(c2ccccc2C2(C(F)F)C=CC(C(=O)S)C=C2)CC1. The number of hydrogen-bond acceptors (Lipinski definition) is 1. The van der Waals surface area contributed by atoms with Crippen LogP contribution in [0, 0.1) is 11.8 Å². The first-order valence-corrected chi connectivity index (χ1v) is 13.9. The number of benzene rings is 1. The zero-order valence-electron chi connectivity index (χ0n) is 20.7. The smallest absolute Gasteiger partial charge is 0.255 e. The minimum absolute atomic E-state index is 0.321. The van der Waals surface area contributed by atoms with Crippen molar-refractivity contribution in [2.75, 3.05) is 0 Å². The van der Waals surface area contributed by atoms with Gasteiger partial charge in [0, 0.05) is 0 Å². The highest BCUT2D eigenvalue weighted by atomic mass is 32.1. The second kappa shape index (κ2) is 13.6. The van der Waals surface area contributed by atoms with E-state index < -0.39 is 17.8 Å². The molecule has 0 aromatic heterocycles. The van der Waals surface area contributed by atoms with Gasteiger partial charge in [0.2, 0.25) is 0 Å². The van der Waals surface area contributed by atoms with E-state index in [0.717, 1.165) is 24.3 Å². The Labute approximate surface area is 210 Å². The average Bonchev–Trinajstić information content (AvgIpc) is 2.86. The Morgan fingerprint density at radius 1 is 0.941 bits per heavy atom. The molecule has 0 unspecified atom stereocenters. The maximum Gasteiger partial charge on any atom is 0.255 e. The van der Waals surface area contributed by atoms with Gasteiger partial charge in [0.05, 0.1) is 11.3 Å². The Kier molecular flexibility index (Phi) is 10.9. The molecule has 1 saturated carbocycles. The zero-order valence-corrected chi connectivity index (χ0v) is 21.6. The van der Waals surface area contributed by atoms with E-state index in [-0.39, 0.29) is 5.12 Å². The second-order valence-corrected chi connectivity index (χ2v) is 10.8. The van der Waals surface area contributed by atoms with Gasteiger partial charge >= 0.3 is 0 Å². The molecule has 3 rings (SSSR count). The summed E-state index contributed by atoms with van der Waals surface area (Å²) in [5.74, 6) is 0.575. The first kappa shape index (κ1) is 27.2. The van der Waals surface area contributed by atoms with Crippen molar-refractivity contribution in [1.82, 2.24) is 0 Å².